The van der Waals surface area contributed by atoms with Crippen LogP contribution in [-0.4, -0.2) is 16.5 Å². The Kier molecular flexibility index (Phi) is 2.07. The fraction of sp³-hybridized carbons (Fsp3) is 0.636. The average molecular weight is 191 g/mol. The molecule has 1 aliphatic carbocycles. The maximum absolute atomic E-state index is 5.72. The fourth-order valence-electron chi connectivity index (χ4n) is 2.33. The Labute approximate surface area is 84.8 Å². The first kappa shape index (κ1) is 9.59. The van der Waals surface area contributed by atoms with Crippen LogP contribution in [0.25, 0.3) is 0 Å². The van der Waals surface area contributed by atoms with Crippen molar-refractivity contribution in [3.63, 3.8) is 0 Å². The Morgan fingerprint density at radius 3 is 2.50 bits per heavy atom. The first-order valence-electron chi connectivity index (χ1n) is 5.06. The van der Waals surface area contributed by atoms with E-state index in [1.807, 2.05) is 19.3 Å². The Morgan fingerprint density at radius 1 is 1.36 bits per heavy atom. The van der Waals surface area contributed by atoms with Crippen LogP contribution < -0.4 is 5.73 Å². The van der Waals surface area contributed by atoms with Crippen molar-refractivity contribution in [3.05, 3.63) is 23.8 Å². The molecule has 0 aliphatic heterocycles. The van der Waals surface area contributed by atoms with Gasteiger partial charge in [-0.1, -0.05) is 13.8 Å². The van der Waals surface area contributed by atoms with Gasteiger partial charge in [0.1, 0.15) is 0 Å². The van der Waals surface area contributed by atoms with Crippen LogP contribution in [0, 0.1) is 18.3 Å². The second-order valence-corrected chi connectivity index (χ2v) is 4.72. The predicted molar refractivity (Wildman–Crippen MR) is 55.8 cm³/mol. The molecule has 76 valence electrons. The molecule has 1 aromatic rings. The Hall–Kier alpha value is -0.960. The van der Waals surface area contributed by atoms with Gasteiger partial charge in [0.15, 0.2) is 0 Å². The summed E-state index contributed by atoms with van der Waals surface area (Å²) < 4.78 is 0. The van der Waals surface area contributed by atoms with Gasteiger partial charge >= 0.3 is 0 Å². The predicted octanol–water partition coefficient (Wildman–Crippen LogP) is 1.48. The second-order valence-electron chi connectivity index (χ2n) is 4.72. The molecule has 2 rings (SSSR count). The van der Waals surface area contributed by atoms with E-state index in [4.69, 9.17) is 5.73 Å². The summed E-state index contributed by atoms with van der Waals surface area (Å²) in [5, 5.41) is 0. The number of aryl methyl sites for hydroxylation is 1. The summed E-state index contributed by atoms with van der Waals surface area (Å²) in [6.45, 7) is 7.19. The van der Waals surface area contributed by atoms with Crippen molar-refractivity contribution in [2.75, 3.05) is 6.54 Å². The molecule has 2 atom stereocenters. The van der Waals surface area contributed by atoms with Gasteiger partial charge in [0.25, 0.3) is 0 Å². The zero-order valence-corrected chi connectivity index (χ0v) is 8.99. The quantitative estimate of drug-likeness (QED) is 0.770. The van der Waals surface area contributed by atoms with E-state index >= 15 is 0 Å². The third-order valence-corrected chi connectivity index (χ3v) is 3.42. The Morgan fingerprint density at radius 2 is 2.07 bits per heavy atom. The van der Waals surface area contributed by atoms with E-state index < -0.39 is 0 Å². The lowest BCUT2D eigenvalue weighted by Crippen LogP contribution is -2.05. The normalized spacial score (nSPS) is 28.9. The SMILES string of the molecule is Cc1cnc([C@H]2[C@H](CN)C2(C)C)cn1. The number of rotatable bonds is 2. The van der Waals surface area contributed by atoms with E-state index in [0.29, 0.717) is 17.3 Å². The van der Waals surface area contributed by atoms with Crippen LogP contribution in [0.2, 0.25) is 0 Å². The highest BCUT2D eigenvalue weighted by Crippen LogP contribution is 2.63. The number of nitrogens with two attached hydrogens (primary N) is 1. The molecule has 2 N–H and O–H groups in total. The standard InChI is InChI=1S/C11H17N3/c1-7-5-14-9(6-13-7)10-8(4-12)11(10,2)3/h5-6,8,10H,4,12H2,1-3H3/t8-,10+/m0/s1. The van der Waals surface area contributed by atoms with Gasteiger partial charge in [-0.15, -0.1) is 0 Å². The highest BCUT2D eigenvalue weighted by molar-refractivity contribution is 5.24. The van der Waals surface area contributed by atoms with Crippen molar-refractivity contribution >= 4 is 0 Å². The van der Waals surface area contributed by atoms with Gasteiger partial charge in [-0.2, -0.15) is 0 Å². The van der Waals surface area contributed by atoms with E-state index in [1.54, 1.807) is 0 Å². The van der Waals surface area contributed by atoms with Crippen molar-refractivity contribution in [2.45, 2.75) is 26.7 Å². The molecule has 14 heavy (non-hydrogen) atoms. The fourth-order valence-corrected chi connectivity index (χ4v) is 2.33. The number of aromatic nitrogens is 2. The zero-order chi connectivity index (χ0) is 10.3. The summed E-state index contributed by atoms with van der Waals surface area (Å²) in [7, 11) is 0. The van der Waals surface area contributed by atoms with Crippen molar-refractivity contribution in [3.8, 4) is 0 Å². The minimum absolute atomic E-state index is 0.304. The molecule has 0 saturated heterocycles. The lowest BCUT2D eigenvalue weighted by atomic mass is 10.1. The minimum atomic E-state index is 0.304. The Bertz CT molecular complexity index is 329. The van der Waals surface area contributed by atoms with Gasteiger partial charge in [0.2, 0.25) is 0 Å². The van der Waals surface area contributed by atoms with E-state index in [-0.39, 0.29) is 0 Å². The Balaban J connectivity index is 2.22. The van der Waals surface area contributed by atoms with Crippen LogP contribution in [0.3, 0.4) is 0 Å². The number of nitrogens with zero attached hydrogens (tertiary/aromatic N) is 2. The molecular formula is C11H17N3. The maximum Gasteiger partial charge on any atom is 0.0626 e. The highest BCUT2D eigenvalue weighted by Gasteiger charge is 2.58. The number of hydrogen-bond acceptors (Lipinski definition) is 3. The van der Waals surface area contributed by atoms with Crippen molar-refractivity contribution in [1.29, 1.82) is 0 Å². The molecule has 0 amide bonds. The summed E-state index contributed by atoms with van der Waals surface area (Å²) in [6.07, 6.45) is 3.72. The van der Waals surface area contributed by atoms with Gasteiger partial charge in [-0.25, -0.2) is 0 Å². The minimum Gasteiger partial charge on any atom is -0.330 e. The third kappa shape index (κ3) is 1.32. The van der Waals surface area contributed by atoms with Crippen molar-refractivity contribution in [2.24, 2.45) is 17.1 Å². The largest absolute Gasteiger partial charge is 0.330 e. The highest BCUT2D eigenvalue weighted by atomic mass is 14.8. The van der Waals surface area contributed by atoms with Crippen LogP contribution in [0.15, 0.2) is 12.4 Å². The molecule has 1 aliphatic rings. The van der Waals surface area contributed by atoms with Gasteiger partial charge in [-0.3, -0.25) is 9.97 Å². The first-order chi connectivity index (χ1) is 6.57. The summed E-state index contributed by atoms with van der Waals surface area (Å²) in [6, 6.07) is 0. The monoisotopic (exact) mass is 191 g/mol. The molecule has 0 unspecified atom stereocenters. The van der Waals surface area contributed by atoms with E-state index in [0.717, 1.165) is 17.9 Å². The summed E-state index contributed by atoms with van der Waals surface area (Å²) in [5.41, 5.74) is 8.09. The molecule has 0 bridgehead atoms. The maximum atomic E-state index is 5.72. The molecule has 1 heterocycles. The molecule has 3 heteroatoms. The lowest BCUT2D eigenvalue weighted by Gasteiger charge is -2.01. The molecular weight excluding hydrogens is 174 g/mol. The topological polar surface area (TPSA) is 51.8 Å². The molecule has 1 fully saturated rings. The summed E-state index contributed by atoms with van der Waals surface area (Å²) in [4.78, 5) is 8.69. The second kappa shape index (κ2) is 3.02. The average Bonchev–Trinajstić information content (AvgIpc) is 2.69. The molecule has 0 aromatic carbocycles. The first-order valence-corrected chi connectivity index (χ1v) is 5.06. The summed E-state index contributed by atoms with van der Waals surface area (Å²) in [5.74, 6) is 1.07. The molecule has 0 radical (unpaired) electrons. The smallest absolute Gasteiger partial charge is 0.0626 e. The van der Waals surface area contributed by atoms with E-state index in [1.165, 1.54) is 0 Å². The molecule has 1 saturated carbocycles. The zero-order valence-electron chi connectivity index (χ0n) is 8.99. The van der Waals surface area contributed by atoms with Crippen LogP contribution in [0.5, 0.6) is 0 Å². The lowest BCUT2D eigenvalue weighted by molar-refractivity contribution is 0.557. The number of hydrogen-bond donors (Lipinski definition) is 1. The van der Waals surface area contributed by atoms with Crippen LogP contribution in [0.4, 0.5) is 0 Å². The summed E-state index contributed by atoms with van der Waals surface area (Å²) >= 11 is 0. The molecule has 3 nitrogen and oxygen atoms in total. The molecule has 1 aromatic heterocycles. The van der Waals surface area contributed by atoms with Crippen LogP contribution in [0.1, 0.15) is 31.2 Å². The van der Waals surface area contributed by atoms with Crippen molar-refractivity contribution < 1.29 is 0 Å². The van der Waals surface area contributed by atoms with Crippen LogP contribution in [-0.2, 0) is 0 Å². The molecule has 0 spiro atoms. The van der Waals surface area contributed by atoms with Gasteiger partial charge in [-0.05, 0) is 24.8 Å². The third-order valence-electron chi connectivity index (χ3n) is 3.42. The van der Waals surface area contributed by atoms with Crippen molar-refractivity contribution in [1.82, 2.24) is 9.97 Å². The van der Waals surface area contributed by atoms with Gasteiger partial charge in [0.05, 0.1) is 11.4 Å². The van der Waals surface area contributed by atoms with Gasteiger partial charge in [0, 0.05) is 18.3 Å². The van der Waals surface area contributed by atoms with E-state index in [2.05, 4.69) is 23.8 Å². The van der Waals surface area contributed by atoms with Crippen LogP contribution >= 0.6 is 0 Å². The van der Waals surface area contributed by atoms with Gasteiger partial charge < -0.3 is 5.73 Å². The van der Waals surface area contributed by atoms with E-state index in [9.17, 15) is 0 Å².